The lowest BCUT2D eigenvalue weighted by atomic mass is 10.0. The number of nitrogens with zero attached hydrogens (tertiary/aromatic N) is 1. The molecule has 5 heteroatoms. The quantitative estimate of drug-likeness (QED) is 0.355. The summed E-state index contributed by atoms with van der Waals surface area (Å²) in [6.45, 7) is 3.42. The molecule has 0 rings (SSSR count). The molecule has 0 spiro atoms. The van der Waals surface area contributed by atoms with Gasteiger partial charge >= 0.3 is 5.97 Å². The highest BCUT2D eigenvalue weighted by molar-refractivity contribution is 5.71. The van der Waals surface area contributed by atoms with E-state index in [9.17, 15) is 9.59 Å². The van der Waals surface area contributed by atoms with Gasteiger partial charge in [-0.2, -0.15) is 0 Å². The number of esters is 1. The molecule has 0 bridgehead atoms. The van der Waals surface area contributed by atoms with E-state index in [4.69, 9.17) is 4.84 Å². The Kier molecular flexibility index (Phi) is 4.40. The molecule has 0 aromatic rings. The Balaban J connectivity index is 4.35. The average molecular weight is 189 g/mol. The number of hydrogen-bond donors (Lipinski definition) is 0. The van der Waals surface area contributed by atoms with E-state index >= 15 is 0 Å². The van der Waals surface area contributed by atoms with Gasteiger partial charge in [0.1, 0.15) is 0 Å². The van der Waals surface area contributed by atoms with E-state index in [2.05, 4.69) is 4.74 Å². The summed E-state index contributed by atoms with van der Waals surface area (Å²) in [7, 11) is 2.67. The maximum Gasteiger partial charge on any atom is 0.307 e. The summed E-state index contributed by atoms with van der Waals surface area (Å²) in [6.07, 6.45) is 0.624. The zero-order valence-electron chi connectivity index (χ0n) is 8.36. The van der Waals surface area contributed by atoms with Gasteiger partial charge in [0.2, 0.25) is 6.41 Å². The van der Waals surface area contributed by atoms with Gasteiger partial charge in [0.25, 0.3) is 0 Å². The van der Waals surface area contributed by atoms with Crippen molar-refractivity contribution < 1.29 is 19.2 Å². The van der Waals surface area contributed by atoms with Crippen molar-refractivity contribution in [3.63, 3.8) is 0 Å². The number of carbonyl (C=O) groups is 2. The second-order valence-corrected chi connectivity index (χ2v) is 3.18. The molecule has 13 heavy (non-hydrogen) atoms. The largest absolute Gasteiger partial charge is 0.469 e. The molecule has 0 aliphatic carbocycles. The van der Waals surface area contributed by atoms with Gasteiger partial charge in [-0.1, -0.05) is 0 Å². The van der Waals surface area contributed by atoms with Crippen molar-refractivity contribution in [2.45, 2.75) is 25.8 Å². The van der Waals surface area contributed by atoms with Crippen LogP contribution in [0, 0.1) is 0 Å². The van der Waals surface area contributed by atoms with Crippen LogP contribution in [-0.2, 0) is 19.2 Å². The summed E-state index contributed by atoms with van der Waals surface area (Å²) in [5.41, 5.74) is -0.691. The third-order valence-corrected chi connectivity index (χ3v) is 1.69. The first-order valence-corrected chi connectivity index (χ1v) is 3.83. The molecule has 0 radical (unpaired) electrons. The number of amides is 1. The van der Waals surface area contributed by atoms with Crippen molar-refractivity contribution in [2.24, 2.45) is 0 Å². The predicted octanol–water partition coefficient (Wildman–Crippen LogP) is 0.348. The fourth-order valence-electron chi connectivity index (χ4n) is 0.936. The van der Waals surface area contributed by atoms with Crippen molar-refractivity contribution in [3.05, 3.63) is 0 Å². The van der Waals surface area contributed by atoms with Crippen molar-refractivity contribution >= 4 is 12.4 Å². The molecule has 0 saturated carbocycles. The van der Waals surface area contributed by atoms with Crippen LogP contribution in [0.1, 0.15) is 20.3 Å². The monoisotopic (exact) mass is 189 g/mol. The standard InChI is InChI=1S/C8H15NO4/c1-8(2,5-7(11)12-3)9(6-10)13-4/h6H,5H2,1-4H3. The van der Waals surface area contributed by atoms with Crippen molar-refractivity contribution in [2.75, 3.05) is 14.2 Å². The first-order valence-electron chi connectivity index (χ1n) is 3.83. The van der Waals surface area contributed by atoms with E-state index in [0.29, 0.717) is 6.41 Å². The SMILES string of the molecule is COC(=O)CC(C)(C)N(C=O)OC. The van der Waals surface area contributed by atoms with Crippen LogP contribution >= 0.6 is 0 Å². The van der Waals surface area contributed by atoms with E-state index in [1.165, 1.54) is 14.2 Å². The first kappa shape index (κ1) is 11.9. The third-order valence-electron chi connectivity index (χ3n) is 1.69. The molecule has 0 atom stereocenters. The molecule has 76 valence electrons. The van der Waals surface area contributed by atoms with Gasteiger partial charge in [-0.25, -0.2) is 5.06 Å². The zero-order valence-corrected chi connectivity index (χ0v) is 8.36. The van der Waals surface area contributed by atoms with Crippen molar-refractivity contribution in [3.8, 4) is 0 Å². The Bertz CT molecular complexity index is 191. The van der Waals surface area contributed by atoms with Gasteiger partial charge in [0, 0.05) is 0 Å². The third kappa shape index (κ3) is 3.42. The first-order chi connectivity index (χ1) is 5.97. The molecule has 0 saturated heterocycles. The normalized spacial score (nSPS) is 10.8. The van der Waals surface area contributed by atoms with Crippen LogP contribution in [0.2, 0.25) is 0 Å². The van der Waals surface area contributed by atoms with Crippen molar-refractivity contribution in [1.82, 2.24) is 5.06 Å². The van der Waals surface area contributed by atoms with Gasteiger partial charge in [0.05, 0.1) is 26.2 Å². The summed E-state index contributed by atoms with van der Waals surface area (Å²) in [4.78, 5) is 26.2. The highest BCUT2D eigenvalue weighted by Gasteiger charge is 2.29. The molecule has 0 aliphatic heterocycles. The number of rotatable bonds is 5. The number of carbonyl (C=O) groups excluding carboxylic acids is 2. The van der Waals surface area contributed by atoms with E-state index in [1.54, 1.807) is 13.8 Å². The molecular formula is C8H15NO4. The van der Waals surface area contributed by atoms with Crippen LogP contribution in [0.4, 0.5) is 0 Å². The minimum Gasteiger partial charge on any atom is -0.469 e. The van der Waals surface area contributed by atoms with E-state index in [1.807, 2.05) is 0 Å². The van der Waals surface area contributed by atoms with Crippen LogP contribution < -0.4 is 0 Å². The maximum atomic E-state index is 10.9. The molecule has 0 fully saturated rings. The summed E-state index contributed by atoms with van der Waals surface area (Å²) in [5, 5.41) is 1.07. The molecular weight excluding hydrogens is 174 g/mol. The number of hydrogen-bond acceptors (Lipinski definition) is 4. The predicted molar refractivity (Wildman–Crippen MR) is 45.6 cm³/mol. The minimum absolute atomic E-state index is 0.0933. The second kappa shape index (κ2) is 4.81. The van der Waals surface area contributed by atoms with Gasteiger partial charge in [-0.15, -0.1) is 0 Å². The lowest BCUT2D eigenvalue weighted by Crippen LogP contribution is -2.44. The highest BCUT2D eigenvalue weighted by Crippen LogP contribution is 2.17. The molecule has 0 aliphatic rings. The Morgan fingerprint density at radius 1 is 1.46 bits per heavy atom. The minimum atomic E-state index is -0.691. The van der Waals surface area contributed by atoms with Crippen molar-refractivity contribution in [1.29, 1.82) is 0 Å². The van der Waals surface area contributed by atoms with Crippen LogP contribution in [0.15, 0.2) is 0 Å². The van der Waals surface area contributed by atoms with Gasteiger partial charge < -0.3 is 4.74 Å². The smallest absolute Gasteiger partial charge is 0.307 e. The van der Waals surface area contributed by atoms with Gasteiger partial charge in [-0.3, -0.25) is 14.4 Å². The van der Waals surface area contributed by atoms with Gasteiger partial charge in [-0.05, 0) is 13.8 Å². The van der Waals surface area contributed by atoms with Crippen LogP contribution in [0.25, 0.3) is 0 Å². The Labute approximate surface area is 77.6 Å². The summed E-state index contributed by atoms with van der Waals surface area (Å²) >= 11 is 0. The molecule has 0 unspecified atom stereocenters. The average Bonchev–Trinajstić information content (AvgIpc) is 2.05. The van der Waals surface area contributed by atoms with E-state index in [0.717, 1.165) is 5.06 Å². The van der Waals surface area contributed by atoms with Crippen LogP contribution in [0.5, 0.6) is 0 Å². The summed E-state index contributed by atoms with van der Waals surface area (Å²) in [5.74, 6) is -0.381. The zero-order chi connectivity index (χ0) is 10.5. The Morgan fingerprint density at radius 2 is 2.00 bits per heavy atom. The lowest BCUT2D eigenvalue weighted by Gasteiger charge is -2.31. The molecule has 0 N–H and O–H groups in total. The van der Waals surface area contributed by atoms with Crippen LogP contribution in [-0.4, -0.2) is 37.2 Å². The Hall–Kier alpha value is -1.10. The fourth-order valence-corrected chi connectivity index (χ4v) is 0.936. The number of ether oxygens (including phenoxy) is 1. The molecule has 0 aromatic heterocycles. The maximum absolute atomic E-state index is 10.9. The lowest BCUT2D eigenvalue weighted by molar-refractivity contribution is -0.193. The molecule has 5 nitrogen and oxygen atoms in total. The van der Waals surface area contributed by atoms with Gasteiger partial charge in [0.15, 0.2) is 0 Å². The second-order valence-electron chi connectivity index (χ2n) is 3.18. The van der Waals surface area contributed by atoms with Crippen LogP contribution in [0.3, 0.4) is 0 Å². The highest BCUT2D eigenvalue weighted by atomic mass is 16.7. The number of hydroxylamine groups is 2. The number of methoxy groups -OCH3 is 1. The van der Waals surface area contributed by atoms with E-state index < -0.39 is 5.54 Å². The molecule has 0 aromatic carbocycles. The summed E-state index contributed by atoms with van der Waals surface area (Å²) in [6, 6.07) is 0. The Morgan fingerprint density at radius 3 is 2.31 bits per heavy atom. The summed E-state index contributed by atoms with van der Waals surface area (Å²) < 4.78 is 4.49. The molecule has 0 heterocycles. The molecule has 1 amide bonds. The van der Waals surface area contributed by atoms with E-state index in [-0.39, 0.29) is 12.4 Å². The fraction of sp³-hybridized carbons (Fsp3) is 0.750. The topological polar surface area (TPSA) is 55.8 Å².